The molecule has 1 aromatic heterocycles. The standard InChI is InChI=1S/C23H27N3O4/c1-13(2)16-9-6-8-15(5)19(16)12-24-23(30)26-21(27)17-10-7-11-18(22(28)29)20(17)25(26)14(3)4/h6-11,13-14H,12H2,1-5H3,(H,24,30)(H,28,29). The quantitative estimate of drug-likeness (QED) is 0.658. The fraction of sp³-hybridized carbons (Fsp3) is 0.348. The largest absolute Gasteiger partial charge is 0.478 e. The van der Waals surface area contributed by atoms with Crippen molar-refractivity contribution < 1.29 is 14.7 Å². The maximum absolute atomic E-state index is 13.1. The summed E-state index contributed by atoms with van der Waals surface area (Å²) in [6.45, 7) is 10.1. The van der Waals surface area contributed by atoms with Crippen molar-refractivity contribution in [2.75, 3.05) is 0 Å². The van der Waals surface area contributed by atoms with Crippen molar-refractivity contribution >= 4 is 22.9 Å². The molecule has 2 aromatic carbocycles. The van der Waals surface area contributed by atoms with Gasteiger partial charge in [0.25, 0.3) is 5.56 Å². The van der Waals surface area contributed by atoms with Crippen LogP contribution in [0.3, 0.4) is 0 Å². The molecule has 158 valence electrons. The van der Waals surface area contributed by atoms with Crippen LogP contribution in [0.5, 0.6) is 0 Å². The van der Waals surface area contributed by atoms with Gasteiger partial charge in [0.05, 0.1) is 16.5 Å². The summed E-state index contributed by atoms with van der Waals surface area (Å²) in [5.41, 5.74) is 2.93. The van der Waals surface area contributed by atoms with Gasteiger partial charge >= 0.3 is 12.0 Å². The van der Waals surface area contributed by atoms with Gasteiger partial charge < -0.3 is 10.4 Å². The first kappa shape index (κ1) is 21.4. The predicted octanol–water partition coefficient (Wildman–Crippen LogP) is 4.27. The summed E-state index contributed by atoms with van der Waals surface area (Å²) in [5.74, 6) is -0.853. The van der Waals surface area contributed by atoms with Crippen molar-refractivity contribution in [2.45, 2.75) is 53.1 Å². The van der Waals surface area contributed by atoms with E-state index in [1.165, 1.54) is 16.8 Å². The number of aromatic carboxylic acids is 1. The minimum atomic E-state index is -1.14. The number of para-hydroxylation sites is 1. The summed E-state index contributed by atoms with van der Waals surface area (Å²) >= 11 is 0. The van der Waals surface area contributed by atoms with E-state index in [1.807, 2.05) is 25.1 Å². The number of aryl methyl sites for hydroxylation is 1. The molecule has 2 N–H and O–H groups in total. The van der Waals surface area contributed by atoms with Gasteiger partial charge in [0.2, 0.25) is 0 Å². The maximum atomic E-state index is 13.1. The van der Waals surface area contributed by atoms with Crippen molar-refractivity contribution in [2.24, 2.45) is 0 Å². The topological polar surface area (TPSA) is 93.3 Å². The highest BCUT2D eigenvalue weighted by Gasteiger charge is 2.24. The van der Waals surface area contributed by atoms with E-state index in [4.69, 9.17) is 0 Å². The molecule has 3 rings (SSSR count). The van der Waals surface area contributed by atoms with Crippen LogP contribution in [0, 0.1) is 6.92 Å². The summed E-state index contributed by atoms with van der Waals surface area (Å²) in [6, 6.07) is 9.63. The van der Waals surface area contributed by atoms with Gasteiger partial charge in [-0.05, 0) is 55.5 Å². The Balaban J connectivity index is 2.08. The molecule has 0 bridgehead atoms. The van der Waals surface area contributed by atoms with E-state index in [1.54, 1.807) is 19.9 Å². The minimum absolute atomic E-state index is 0.00847. The molecular weight excluding hydrogens is 382 g/mol. The van der Waals surface area contributed by atoms with Crippen LogP contribution in [0.15, 0.2) is 41.2 Å². The Bertz CT molecular complexity index is 1190. The SMILES string of the molecule is Cc1cccc(C(C)C)c1CNC(=O)n1c(=O)c2cccc(C(=O)O)c2n1C(C)C. The molecule has 0 unspecified atom stereocenters. The molecule has 0 fully saturated rings. The number of benzene rings is 2. The number of hydrogen-bond acceptors (Lipinski definition) is 3. The molecule has 1 heterocycles. The van der Waals surface area contributed by atoms with Gasteiger partial charge in [-0.15, -0.1) is 0 Å². The zero-order valence-electron chi connectivity index (χ0n) is 17.9. The van der Waals surface area contributed by atoms with Gasteiger partial charge in [0.1, 0.15) is 0 Å². The Hall–Kier alpha value is -3.35. The number of fused-ring (bicyclic) bond motifs is 1. The van der Waals surface area contributed by atoms with Crippen LogP contribution >= 0.6 is 0 Å². The second-order valence-corrected chi connectivity index (χ2v) is 8.02. The van der Waals surface area contributed by atoms with Gasteiger partial charge in [-0.2, -0.15) is 4.68 Å². The predicted molar refractivity (Wildman–Crippen MR) is 116 cm³/mol. The molecule has 30 heavy (non-hydrogen) atoms. The third-order valence-corrected chi connectivity index (χ3v) is 5.30. The smallest absolute Gasteiger partial charge is 0.344 e. The molecule has 0 aliphatic heterocycles. The second-order valence-electron chi connectivity index (χ2n) is 8.02. The average molecular weight is 409 g/mol. The monoisotopic (exact) mass is 409 g/mol. The van der Waals surface area contributed by atoms with Gasteiger partial charge in [0, 0.05) is 12.6 Å². The van der Waals surface area contributed by atoms with E-state index in [-0.39, 0.29) is 29.1 Å². The van der Waals surface area contributed by atoms with Crippen molar-refractivity contribution in [1.29, 1.82) is 0 Å². The average Bonchev–Trinajstić information content (AvgIpc) is 2.99. The first-order valence-corrected chi connectivity index (χ1v) is 10.0. The van der Waals surface area contributed by atoms with E-state index in [0.29, 0.717) is 5.92 Å². The normalized spacial score (nSPS) is 11.4. The molecule has 0 radical (unpaired) electrons. The van der Waals surface area contributed by atoms with Crippen molar-refractivity contribution in [1.82, 2.24) is 14.7 Å². The Morgan fingerprint density at radius 3 is 2.33 bits per heavy atom. The first-order valence-electron chi connectivity index (χ1n) is 10.0. The Morgan fingerprint density at radius 1 is 1.07 bits per heavy atom. The summed E-state index contributed by atoms with van der Waals surface area (Å²) < 4.78 is 2.47. The van der Waals surface area contributed by atoms with Gasteiger partial charge in [-0.25, -0.2) is 9.59 Å². The summed E-state index contributed by atoms with van der Waals surface area (Å²) in [4.78, 5) is 37.8. The number of carbonyl (C=O) groups is 2. The van der Waals surface area contributed by atoms with Crippen LogP contribution in [-0.2, 0) is 6.54 Å². The third-order valence-electron chi connectivity index (χ3n) is 5.30. The molecule has 0 saturated carbocycles. The van der Waals surface area contributed by atoms with Gasteiger partial charge in [-0.1, -0.05) is 38.1 Å². The molecular formula is C23H27N3O4. The zero-order chi connectivity index (χ0) is 22.2. The summed E-state index contributed by atoms with van der Waals surface area (Å²) in [5, 5.41) is 12.6. The molecule has 0 aliphatic carbocycles. The lowest BCUT2D eigenvalue weighted by molar-refractivity contribution is 0.0698. The lowest BCUT2D eigenvalue weighted by Crippen LogP contribution is -2.39. The molecule has 7 nitrogen and oxygen atoms in total. The van der Waals surface area contributed by atoms with Crippen LogP contribution < -0.4 is 10.9 Å². The van der Waals surface area contributed by atoms with Crippen molar-refractivity contribution in [3.63, 3.8) is 0 Å². The number of rotatable bonds is 5. The number of carboxylic acid groups (broad SMARTS) is 1. The lowest BCUT2D eigenvalue weighted by Gasteiger charge is -2.18. The molecule has 7 heteroatoms. The van der Waals surface area contributed by atoms with E-state index in [0.717, 1.165) is 21.4 Å². The molecule has 3 aromatic rings. The van der Waals surface area contributed by atoms with E-state index >= 15 is 0 Å². The number of carbonyl (C=O) groups excluding carboxylic acids is 1. The lowest BCUT2D eigenvalue weighted by atomic mass is 9.94. The highest BCUT2D eigenvalue weighted by molar-refractivity contribution is 6.02. The molecule has 0 spiro atoms. The van der Waals surface area contributed by atoms with Gasteiger partial charge in [0.15, 0.2) is 0 Å². The van der Waals surface area contributed by atoms with Gasteiger partial charge in [-0.3, -0.25) is 9.48 Å². The summed E-state index contributed by atoms with van der Waals surface area (Å²) in [7, 11) is 0. The summed E-state index contributed by atoms with van der Waals surface area (Å²) in [6.07, 6.45) is 0. The highest BCUT2D eigenvalue weighted by Crippen LogP contribution is 2.23. The van der Waals surface area contributed by atoms with E-state index in [2.05, 4.69) is 19.2 Å². The first-order chi connectivity index (χ1) is 14.1. The van der Waals surface area contributed by atoms with Crippen LogP contribution in [0.25, 0.3) is 10.9 Å². The Morgan fingerprint density at radius 2 is 1.73 bits per heavy atom. The highest BCUT2D eigenvalue weighted by atomic mass is 16.4. The number of amides is 1. The van der Waals surface area contributed by atoms with Crippen LogP contribution in [-0.4, -0.2) is 26.5 Å². The van der Waals surface area contributed by atoms with E-state index < -0.39 is 17.6 Å². The van der Waals surface area contributed by atoms with Crippen LogP contribution in [0.2, 0.25) is 0 Å². The van der Waals surface area contributed by atoms with Crippen LogP contribution in [0.1, 0.15) is 66.7 Å². The number of hydrogen-bond donors (Lipinski definition) is 2. The number of nitrogens with zero attached hydrogens (tertiary/aromatic N) is 2. The molecule has 0 saturated heterocycles. The number of carboxylic acids is 1. The molecule has 0 aliphatic rings. The molecule has 1 amide bonds. The van der Waals surface area contributed by atoms with E-state index in [9.17, 15) is 19.5 Å². The molecule has 0 atom stereocenters. The third kappa shape index (κ3) is 3.63. The minimum Gasteiger partial charge on any atom is -0.478 e. The second kappa shape index (κ2) is 8.18. The van der Waals surface area contributed by atoms with Crippen molar-refractivity contribution in [3.05, 3.63) is 69.0 Å². The van der Waals surface area contributed by atoms with Crippen molar-refractivity contribution in [3.8, 4) is 0 Å². The fourth-order valence-electron chi connectivity index (χ4n) is 3.87. The Kier molecular flexibility index (Phi) is 5.82. The maximum Gasteiger partial charge on any atom is 0.344 e. The van der Waals surface area contributed by atoms with Crippen LogP contribution in [0.4, 0.5) is 4.79 Å². The fourth-order valence-corrected chi connectivity index (χ4v) is 3.87. The Labute approximate surface area is 174 Å². The zero-order valence-corrected chi connectivity index (χ0v) is 17.9. The number of aromatic nitrogens is 2. The number of nitrogens with one attached hydrogen (secondary N) is 1.